The van der Waals surface area contributed by atoms with E-state index in [4.69, 9.17) is 0 Å². The Kier molecular flexibility index (Phi) is 4.87. The molecule has 0 aromatic carbocycles. The van der Waals surface area contributed by atoms with Crippen LogP contribution in [0.15, 0.2) is 0 Å². The van der Waals surface area contributed by atoms with Gasteiger partial charge in [0.05, 0.1) is 7.11 Å². The van der Waals surface area contributed by atoms with Gasteiger partial charge in [0.25, 0.3) is 0 Å². The average molecular weight is 269 g/mol. The van der Waals surface area contributed by atoms with E-state index in [9.17, 15) is 9.59 Å². The predicted octanol–water partition coefficient (Wildman–Crippen LogP) is 1.41. The molecule has 0 aromatic heterocycles. The van der Waals surface area contributed by atoms with Gasteiger partial charge in [-0.15, -0.1) is 0 Å². The normalized spacial score (nSPS) is 21.1. The topological polar surface area (TPSA) is 61.9 Å². The van der Waals surface area contributed by atoms with Crippen molar-refractivity contribution in [2.24, 2.45) is 0 Å². The third kappa shape index (κ3) is 3.75. The molecule has 6 heteroatoms. The van der Waals surface area contributed by atoms with Crippen LogP contribution in [0.5, 0.6) is 0 Å². The molecule has 6 nitrogen and oxygen atoms in total. The minimum atomic E-state index is -0.313. The zero-order valence-electron chi connectivity index (χ0n) is 11.6. The van der Waals surface area contributed by atoms with Crippen molar-refractivity contribution < 1.29 is 14.3 Å². The lowest BCUT2D eigenvalue weighted by molar-refractivity contribution is 0.0961. The number of nitrogens with zero attached hydrogens (tertiary/aromatic N) is 2. The maximum atomic E-state index is 12.1. The summed E-state index contributed by atoms with van der Waals surface area (Å²) >= 11 is 0. The summed E-state index contributed by atoms with van der Waals surface area (Å²) in [6.07, 6.45) is 5.57. The number of rotatable bonds is 1. The molecular weight excluding hydrogens is 246 g/mol. The maximum absolute atomic E-state index is 12.1. The first kappa shape index (κ1) is 14.0. The quantitative estimate of drug-likeness (QED) is 0.783. The molecule has 2 fully saturated rings. The Hall–Kier alpha value is -1.46. The van der Waals surface area contributed by atoms with Gasteiger partial charge < -0.3 is 19.9 Å². The summed E-state index contributed by atoms with van der Waals surface area (Å²) in [4.78, 5) is 26.9. The molecule has 2 rings (SSSR count). The van der Waals surface area contributed by atoms with E-state index in [0.29, 0.717) is 32.2 Å². The van der Waals surface area contributed by atoms with Gasteiger partial charge in [-0.1, -0.05) is 19.3 Å². The van der Waals surface area contributed by atoms with E-state index in [1.54, 1.807) is 9.80 Å². The van der Waals surface area contributed by atoms with Gasteiger partial charge >= 0.3 is 12.1 Å². The second-order valence-electron chi connectivity index (χ2n) is 5.23. The van der Waals surface area contributed by atoms with Crippen LogP contribution >= 0.6 is 0 Å². The maximum Gasteiger partial charge on any atom is 0.409 e. The number of nitrogens with one attached hydrogen (secondary N) is 1. The van der Waals surface area contributed by atoms with E-state index in [-0.39, 0.29) is 12.1 Å². The van der Waals surface area contributed by atoms with Crippen molar-refractivity contribution in [3.63, 3.8) is 0 Å². The molecule has 0 unspecified atom stereocenters. The molecule has 1 saturated heterocycles. The summed E-state index contributed by atoms with van der Waals surface area (Å²) in [7, 11) is 1.38. The van der Waals surface area contributed by atoms with Crippen molar-refractivity contribution in [2.45, 2.75) is 38.1 Å². The first-order valence-electron chi connectivity index (χ1n) is 7.09. The fourth-order valence-corrected chi connectivity index (χ4v) is 2.73. The Morgan fingerprint density at radius 2 is 1.58 bits per heavy atom. The van der Waals surface area contributed by atoms with Crippen molar-refractivity contribution >= 4 is 12.1 Å². The molecule has 1 saturated carbocycles. The third-order valence-corrected chi connectivity index (χ3v) is 3.93. The number of methoxy groups -OCH3 is 1. The largest absolute Gasteiger partial charge is 0.453 e. The summed E-state index contributed by atoms with van der Waals surface area (Å²) in [5, 5.41) is 3.10. The molecule has 3 amide bonds. The van der Waals surface area contributed by atoms with Crippen LogP contribution in [0.25, 0.3) is 0 Å². The standard InChI is InChI=1S/C13H23N3O3/c1-19-13(18)16-9-7-15(8-10-16)12(17)14-11-5-3-2-4-6-11/h11H,2-10H2,1H3,(H,14,17). The molecule has 0 aromatic rings. The summed E-state index contributed by atoms with van der Waals surface area (Å²) in [6.45, 7) is 2.25. The van der Waals surface area contributed by atoms with E-state index < -0.39 is 0 Å². The molecule has 1 heterocycles. The first-order valence-corrected chi connectivity index (χ1v) is 7.09. The van der Waals surface area contributed by atoms with E-state index in [1.165, 1.54) is 26.4 Å². The van der Waals surface area contributed by atoms with Gasteiger partial charge in [0.1, 0.15) is 0 Å². The number of urea groups is 1. The number of ether oxygens (including phenoxy) is 1. The lowest BCUT2D eigenvalue weighted by atomic mass is 9.96. The molecule has 0 bridgehead atoms. The summed E-state index contributed by atoms with van der Waals surface area (Å²) < 4.78 is 4.67. The molecule has 0 radical (unpaired) electrons. The fourth-order valence-electron chi connectivity index (χ4n) is 2.73. The van der Waals surface area contributed by atoms with E-state index >= 15 is 0 Å². The molecule has 1 aliphatic carbocycles. The lowest BCUT2D eigenvalue weighted by Crippen LogP contribution is -2.54. The second-order valence-corrected chi connectivity index (χ2v) is 5.23. The van der Waals surface area contributed by atoms with E-state index in [1.807, 2.05) is 0 Å². The molecule has 1 aliphatic heterocycles. The van der Waals surface area contributed by atoms with Crippen LogP contribution in [0.4, 0.5) is 9.59 Å². The number of hydrogen-bond donors (Lipinski definition) is 1. The lowest BCUT2D eigenvalue weighted by Gasteiger charge is -2.35. The van der Waals surface area contributed by atoms with Crippen molar-refractivity contribution in [3.8, 4) is 0 Å². The van der Waals surface area contributed by atoms with Crippen LogP contribution in [-0.4, -0.2) is 61.3 Å². The number of piperazine rings is 1. The van der Waals surface area contributed by atoms with Crippen molar-refractivity contribution in [2.75, 3.05) is 33.3 Å². The van der Waals surface area contributed by atoms with Crippen LogP contribution < -0.4 is 5.32 Å². The zero-order chi connectivity index (χ0) is 13.7. The predicted molar refractivity (Wildman–Crippen MR) is 71.0 cm³/mol. The van der Waals surface area contributed by atoms with Crippen LogP contribution in [0.3, 0.4) is 0 Å². The number of carbonyl (C=O) groups is 2. The highest BCUT2D eigenvalue weighted by atomic mass is 16.5. The van der Waals surface area contributed by atoms with Crippen LogP contribution in [0.1, 0.15) is 32.1 Å². The van der Waals surface area contributed by atoms with Crippen molar-refractivity contribution in [1.82, 2.24) is 15.1 Å². The Labute approximate surface area is 114 Å². The molecule has 0 atom stereocenters. The Bertz CT molecular complexity index is 321. The minimum Gasteiger partial charge on any atom is -0.453 e. The zero-order valence-corrected chi connectivity index (χ0v) is 11.6. The Balaban J connectivity index is 1.74. The molecule has 19 heavy (non-hydrogen) atoms. The van der Waals surface area contributed by atoms with Gasteiger partial charge in [0.2, 0.25) is 0 Å². The molecule has 0 spiro atoms. The smallest absolute Gasteiger partial charge is 0.409 e. The van der Waals surface area contributed by atoms with Gasteiger partial charge in [0, 0.05) is 32.2 Å². The van der Waals surface area contributed by atoms with Crippen LogP contribution in [0, 0.1) is 0 Å². The summed E-state index contributed by atoms with van der Waals surface area (Å²) in [5.74, 6) is 0. The van der Waals surface area contributed by atoms with Crippen LogP contribution in [0.2, 0.25) is 0 Å². The highest BCUT2D eigenvalue weighted by Crippen LogP contribution is 2.17. The first-order chi connectivity index (χ1) is 9.20. The van der Waals surface area contributed by atoms with Gasteiger partial charge in [-0.25, -0.2) is 9.59 Å². The number of amides is 3. The van der Waals surface area contributed by atoms with Gasteiger partial charge in [-0.2, -0.15) is 0 Å². The van der Waals surface area contributed by atoms with Gasteiger partial charge in [-0.05, 0) is 12.8 Å². The van der Waals surface area contributed by atoms with E-state index in [0.717, 1.165) is 12.8 Å². The van der Waals surface area contributed by atoms with Gasteiger partial charge in [0.15, 0.2) is 0 Å². The Morgan fingerprint density at radius 3 is 2.16 bits per heavy atom. The average Bonchev–Trinajstić information content (AvgIpc) is 2.47. The highest BCUT2D eigenvalue weighted by Gasteiger charge is 2.26. The highest BCUT2D eigenvalue weighted by molar-refractivity contribution is 5.75. The monoisotopic (exact) mass is 269 g/mol. The van der Waals surface area contributed by atoms with Crippen molar-refractivity contribution in [1.29, 1.82) is 0 Å². The SMILES string of the molecule is COC(=O)N1CCN(C(=O)NC2CCCCC2)CC1. The summed E-state index contributed by atoms with van der Waals surface area (Å²) in [5.41, 5.74) is 0. The number of hydrogen-bond acceptors (Lipinski definition) is 3. The summed E-state index contributed by atoms with van der Waals surface area (Å²) in [6, 6.07) is 0.344. The van der Waals surface area contributed by atoms with E-state index in [2.05, 4.69) is 10.1 Å². The molecule has 2 aliphatic rings. The Morgan fingerprint density at radius 1 is 1.00 bits per heavy atom. The van der Waals surface area contributed by atoms with Gasteiger partial charge in [-0.3, -0.25) is 0 Å². The third-order valence-electron chi connectivity index (χ3n) is 3.93. The van der Waals surface area contributed by atoms with Crippen molar-refractivity contribution in [3.05, 3.63) is 0 Å². The van der Waals surface area contributed by atoms with Crippen LogP contribution in [-0.2, 0) is 4.74 Å². The minimum absolute atomic E-state index is 0.0106. The molecular formula is C13H23N3O3. The molecule has 1 N–H and O–H groups in total. The second kappa shape index (κ2) is 6.63. The fraction of sp³-hybridized carbons (Fsp3) is 0.846. The number of carbonyl (C=O) groups excluding carboxylic acids is 2. The molecule has 108 valence electrons.